The summed E-state index contributed by atoms with van der Waals surface area (Å²) in [4.78, 5) is 0. The highest BCUT2D eigenvalue weighted by molar-refractivity contribution is 4.90. The fourth-order valence-electron chi connectivity index (χ4n) is 3.18. The average Bonchev–Trinajstić information content (AvgIpc) is 2.15. The molecule has 0 amide bonds. The summed E-state index contributed by atoms with van der Waals surface area (Å²) in [5, 5.41) is 13.0. The largest absolute Gasteiger partial charge is 0.393 e. The first-order valence-corrected chi connectivity index (χ1v) is 6.89. The molecule has 2 heteroatoms. The van der Waals surface area contributed by atoms with Crippen molar-refractivity contribution in [3.8, 4) is 0 Å². The Labute approximate surface area is 99.8 Å². The molecule has 0 unspecified atom stereocenters. The molecule has 2 N–H and O–H groups in total. The summed E-state index contributed by atoms with van der Waals surface area (Å²) in [5.74, 6) is 0.900. The van der Waals surface area contributed by atoms with Gasteiger partial charge >= 0.3 is 0 Å². The van der Waals surface area contributed by atoms with Crippen LogP contribution in [0.1, 0.15) is 59.3 Å². The molecular formula is C14H27NO. The van der Waals surface area contributed by atoms with Gasteiger partial charge in [0.25, 0.3) is 0 Å². The molecule has 0 spiro atoms. The highest BCUT2D eigenvalue weighted by Gasteiger charge is 2.33. The lowest BCUT2D eigenvalue weighted by Crippen LogP contribution is -2.49. The third-order valence-electron chi connectivity index (χ3n) is 4.54. The molecule has 0 heterocycles. The van der Waals surface area contributed by atoms with Crippen molar-refractivity contribution in [1.29, 1.82) is 0 Å². The van der Waals surface area contributed by atoms with E-state index in [9.17, 15) is 5.11 Å². The predicted octanol–water partition coefficient (Wildman–Crippen LogP) is 2.70. The van der Waals surface area contributed by atoms with E-state index in [4.69, 9.17) is 0 Å². The molecule has 2 aliphatic rings. The number of aliphatic hydroxyl groups is 1. The van der Waals surface area contributed by atoms with Crippen LogP contribution in [0, 0.1) is 11.3 Å². The van der Waals surface area contributed by atoms with Gasteiger partial charge in [0.2, 0.25) is 0 Å². The molecule has 2 nitrogen and oxygen atoms in total. The quantitative estimate of drug-likeness (QED) is 0.757. The Morgan fingerprint density at radius 3 is 1.94 bits per heavy atom. The summed E-state index contributed by atoms with van der Waals surface area (Å²) in [6.07, 6.45) is 7.32. The van der Waals surface area contributed by atoms with Gasteiger partial charge in [-0.25, -0.2) is 0 Å². The Hall–Kier alpha value is -0.0800. The van der Waals surface area contributed by atoms with E-state index in [-0.39, 0.29) is 6.10 Å². The summed E-state index contributed by atoms with van der Waals surface area (Å²) in [5.41, 5.74) is 0.484. The first-order valence-electron chi connectivity index (χ1n) is 6.89. The lowest BCUT2D eigenvalue weighted by atomic mass is 9.71. The Kier molecular flexibility index (Phi) is 3.60. The van der Waals surface area contributed by atoms with Gasteiger partial charge in [0.05, 0.1) is 6.10 Å². The SMILES string of the molecule is CC(C)(C)C1CCC(NC2CC(O)C2)CC1. The first-order chi connectivity index (χ1) is 7.45. The molecule has 2 aliphatic carbocycles. The van der Waals surface area contributed by atoms with Gasteiger partial charge in [-0.3, -0.25) is 0 Å². The highest BCUT2D eigenvalue weighted by atomic mass is 16.3. The molecule has 0 radical (unpaired) electrons. The van der Waals surface area contributed by atoms with E-state index in [1.54, 1.807) is 0 Å². The van der Waals surface area contributed by atoms with Crippen molar-refractivity contribution < 1.29 is 5.11 Å². The molecule has 0 bridgehead atoms. The number of hydrogen-bond acceptors (Lipinski definition) is 2. The van der Waals surface area contributed by atoms with E-state index in [0.717, 1.165) is 24.8 Å². The zero-order chi connectivity index (χ0) is 11.8. The van der Waals surface area contributed by atoms with Crippen LogP contribution in [0.25, 0.3) is 0 Å². The summed E-state index contributed by atoms with van der Waals surface area (Å²) in [6.45, 7) is 7.11. The number of rotatable bonds is 2. The molecule has 2 saturated carbocycles. The van der Waals surface area contributed by atoms with Crippen LogP contribution in [-0.4, -0.2) is 23.3 Å². The highest BCUT2D eigenvalue weighted by Crippen LogP contribution is 2.38. The van der Waals surface area contributed by atoms with E-state index >= 15 is 0 Å². The molecule has 0 saturated heterocycles. The Balaban J connectivity index is 1.69. The zero-order valence-corrected chi connectivity index (χ0v) is 11.0. The van der Waals surface area contributed by atoms with Gasteiger partial charge < -0.3 is 10.4 Å². The van der Waals surface area contributed by atoms with Gasteiger partial charge in [0.1, 0.15) is 0 Å². The van der Waals surface area contributed by atoms with Crippen LogP contribution in [0.15, 0.2) is 0 Å². The molecule has 0 aromatic carbocycles. The maximum atomic E-state index is 9.26. The molecule has 16 heavy (non-hydrogen) atoms. The standard InChI is InChI=1S/C14H27NO/c1-14(2,3)10-4-6-11(7-5-10)15-12-8-13(16)9-12/h10-13,15-16H,4-9H2,1-3H3. The molecular weight excluding hydrogens is 198 g/mol. The number of aliphatic hydroxyl groups excluding tert-OH is 1. The minimum atomic E-state index is -0.0246. The maximum Gasteiger partial charge on any atom is 0.0570 e. The second kappa shape index (κ2) is 4.66. The van der Waals surface area contributed by atoms with Crippen LogP contribution >= 0.6 is 0 Å². The molecule has 2 fully saturated rings. The van der Waals surface area contributed by atoms with E-state index in [0.29, 0.717) is 11.5 Å². The third kappa shape index (κ3) is 2.98. The first kappa shape index (κ1) is 12.4. The lowest BCUT2D eigenvalue weighted by molar-refractivity contribution is 0.0513. The smallest absolute Gasteiger partial charge is 0.0570 e. The van der Waals surface area contributed by atoms with E-state index < -0.39 is 0 Å². The summed E-state index contributed by atoms with van der Waals surface area (Å²) in [7, 11) is 0. The van der Waals surface area contributed by atoms with Crippen molar-refractivity contribution in [2.45, 2.75) is 77.5 Å². The normalized spacial score (nSPS) is 40.5. The predicted molar refractivity (Wildman–Crippen MR) is 67.4 cm³/mol. The number of nitrogens with one attached hydrogen (secondary N) is 1. The number of hydrogen-bond donors (Lipinski definition) is 2. The van der Waals surface area contributed by atoms with Crippen molar-refractivity contribution >= 4 is 0 Å². The van der Waals surface area contributed by atoms with Crippen LogP contribution in [0.4, 0.5) is 0 Å². The topological polar surface area (TPSA) is 32.3 Å². The van der Waals surface area contributed by atoms with Crippen LogP contribution in [0.5, 0.6) is 0 Å². The molecule has 0 atom stereocenters. The Bertz CT molecular complexity index is 219. The minimum Gasteiger partial charge on any atom is -0.393 e. The van der Waals surface area contributed by atoms with E-state index in [2.05, 4.69) is 26.1 Å². The van der Waals surface area contributed by atoms with Crippen molar-refractivity contribution in [3.05, 3.63) is 0 Å². The van der Waals surface area contributed by atoms with Crippen molar-refractivity contribution in [2.24, 2.45) is 11.3 Å². The van der Waals surface area contributed by atoms with Gasteiger partial charge in [-0.05, 0) is 49.9 Å². The molecule has 0 aromatic rings. The summed E-state index contributed by atoms with van der Waals surface area (Å²) in [6, 6.07) is 1.32. The molecule has 0 aliphatic heterocycles. The van der Waals surface area contributed by atoms with Crippen molar-refractivity contribution in [1.82, 2.24) is 5.32 Å². The average molecular weight is 225 g/mol. The second-order valence-electron chi connectivity index (χ2n) is 6.90. The summed E-state index contributed by atoms with van der Waals surface area (Å²) < 4.78 is 0. The van der Waals surface area contributed by atoms with Crippen LogP contribution < -0.4 is 5.32 Å². The monoisotopic (exact) mass is 225 g/mol. The van der Waals surface area contributed by atoms with Crippen molar-refractivity contribution in [2.75, 3.05) is 0 Å². The fraction of sp³-hybridized carbons (Fsp3) is 1.00. The summed E-state index contributed by atoms with van der Waals surface area (Å²) >= 11 is 0. The van der Waals surface area contributed by atoms with Gasteiger partial charge in [-0.15, -0.1) is 0 Å². The van der Waals surface area contributed by atoms with Gasteiger partial charge in [-0.1, -0.05) is 20.8 Å². The van der Waals surface area contributed by atoms with Crippen LogP contribution in [0.2, 0.25) is 0 Å². The van der Waals surface area contributed by atoms with Gasteiger partial charge in [0.15, 0.2) is 0 Å². The van der Waals surface area contributed by atoms with Crippen molar-refractivity contribution in [3.63, 3.8) is 0 Å². The van der Waals surface area contributed by atoms with Gasteiger partial charge in [-0.2, -0.15) is 0 Å². The van der Waals surface area contributed by atoms with E-state index in [1.165, 1.54) is 25.7 Å². The second-order valence-corrected chi connectivity index (χ2v) is 6.90. The molecule has 0 aromatic heterocycles. The maximum absolute atomic E-state index is 9.26. The lowest BCUT2D eigenvalue weighted by Gasteiger charge is -2.41. The zero-order valence-electron chi connectivity index (χ0n) is 11.0. The van der Waals surface area contributed by atoms with Crippen LogP contribution in [0.3, 0.4) is 0 Å². The Morgan fingerprint density at radius 2 is 1.50 bits per heavy atom. The van der Waals surface area contributed by atoms with Crippen LogP contribution in [-0.2, 0) is 0 Å². The van der Waals surface area contributed by atoms with E-state index in [1.807, 2.05) is 0 Å². The third-order valence-corrected chi connectivity index (χ3v) is 4.54. The molecule has 2 rings (SSSR count). The van der Waals surface area contributed by atoms with Gasteiger partial charge in [0, 0.05) is 12.1 Å². The Morgan fingerprint density at radius 1 is 0.938 bits per heavy atom. The molecule has 94 valence electrons. The minimum absolute atomic E-state index is 0.0246. The fourth-order valence-corrected chi connectivity index (χ4v) is 3.18.